The Morgan fingerprint density at radius 3 is 2.79 bits per heavy atom. The Hall–Kier alpha value is 0.01000. The molecule has 1 aromatic carbocycles. The maximum Gasteiger partial charge on any atom is 0.0580 e. The van der Waals surface area contributed by atoms with Gasteiger partial charge in [-0.05, 0) is 35.1 Å². The Labute approximate surface area is 102 Å². The first-order valence-corrected chi connectivity index (χ1v) is 6.93. The first-order chi connectivity index (χ1) is 6.74. The number of fused-ring (bicyclic) bond motifs is 1. The molecule has 1 heterocycles. The fraction of sp³-hybridized carbons (Fsp3) is 0.273. The number of thiophene rings is 1. The van der Waals surface area contributed by atoms with Gasteiger partial charge in [0.25, 0.3) is 0 Å². The van der Waals surface area contributed by atoms with E-state index in [0.717, 1.165) is 16.0 Å². The molecule has 0 fully saturated rings. The largest absolute Gasteiger partial charge is 0.133 e. The maximum atomic E-state index is 4.40. The van der Waals surface area contributed by atoms with Crippen molar-refractivity contribution < 1.29 is 0 Å². The van der Waals surface area contributed by atoms with E-state index in [4.69, 9.17) is 0 Å². The minimum absolute atomic E-state index is 0.918. The lowest BCUT2D eigenvalue weighted by molar-refractivity contribution is 1.14. The van der Waals surface area contributed by atoms with E-state index in [1.54, 1.807) is 11.3 Å². The van der Waals surface area contributed by atoms with E-state index in [2.05, 4.69) is 53.7 Å². The molecular formula is C11H11BrS2. The molecule has 74 valence electrons. The molecular weight excluding hydrogens is 276 g/mol. The van der Waals surface area contributed by atoms with Crippen LogP contribution in [0.25, 0.3) is 10.1 Å². The van der Waals surface area contributed by atoms with Gasteiger partial charge in [-0.2, -0.15) is 0 Å². The average molecular weight is 287 g/mol. The monoisotopic (exact) mass is 286 g/mol. The summed E-state index contributed by atoms with van der Waals surface area (Å²) in [5.41, 5.74) is 2.78. The van der Waals surface area contributed by atoms with E-state index in [-0.39, 0.29) is 0 Å². The molecule has 2 rings (SSSR count). The van der Waals surface area contributed by atoms with Crippen molar-refractivity contribution in [2.24, 2.45) is 0 Å². The third kappa shape index (κ3) is 1.86. The van der Waals surface area contributed by atoms with Crippen LogP contribution in [0.4, 0.5) is 0 Å². The van der Waals surface area contributed by atoms with Crippen LogP contribution < -0.4 is 0 Å². The number of thiol groups is 1. The standard InChI is InChI=1S/C11H11BrS2/c1-2-7-3-8(6-12)9-5-11(13)14-10(9)4-7/h3-5,13H,2,6H2,1H3. The molecule has 0 saturated carbocycles. The van der Waals surface area contributed by atoms with Crippen LogP contribution in [-0.2, 0) is 11.8 Å². The van der Waals surface area contributed by atoms with Crippen LogP contribution >= 0.6 is 39.9 Å². The highest BCUT2D eigenvalue weighted by Gasteiger charge is 2.05. The molecule has 0 saturated heterocycles. The van der Waals surface area contributed by atoms with Crippen molar-refractivity contribution in [2.45, 2.75) is 22.9 Å². The van der Waals surface area contributed by atoms with E-state index < -0.39 is 0 Å². The normalized spacial score (nSPS) is 11.1. The van der Waals surface area contributed by atoms with Gasteiger partial charge in [0.1, 0.15) is 0 Å². The second-order valence-electron chi connectivity index (χ2n) is 3.24. The third-order valence-corrected chi connectivity index (χ3v) is 4.21. The van der Waals surface area contributed by atoms with Gasteiger partial charge in [0, 0.05) is 10.0 Å². The molecule has 14 heavy (non-hydrogen) atoms. The zero-order valence-corrected chi connectivity index (χ0v) is 11.2. The smallest absolute Gasteiger partial charge is 0.0580 e. The number of halogens is 1. The van der Waals surface area contributed by atoms with Gasteiger partial charge in [-0.3, -0.25) is 0 Å². The van der Waals surface area contributed by atoms with Gasteiger partial charge in [-0.15, -0.1) is 24.0 Å². The van der Waals surface area contributed by atoms with Crippen LogP contribution in [0, 0.1) is 0 Å². The minimum Gasteiger partial charge on any atom is -0.133 e. The predicted molar refractivity (Wildman–Crippen MR) is 71.1 cm³/mol. The predicted octanol–water partition coefficient (Wildman–Crippen LogP) is 4.65. The molecule has 0 aliphatic carbocycles. The van der Waals surface area contributed by atoms with Crippen molar-refractivity contribution in [2.75, 3.05) is 0 Å². The van der Waals surface area contributed by atoms with Crippen LogP contribution in [0.2, 0.25) is 0 Å². The highest BCUT2D eigenvalue weighted by Crippen LogP contribution is 2.32. The summed E-state index contributed by atoms with van der Waals surface area (Å²) in [4.78, 5) is 0. The van der Waals surface area contributed by atoms with Crippen molar-refractivity contribution in [3.05, 3.63) is 29.3 Å². The van der Waals surface area contributed by atoms with Crippen LogP contribution in [0.3, 0.4) is 0 Å². The maximum absolute atomic E-state index is 4.40. The molecule has 0 amide bonds. The van der Waals surface area contributed by atoms with E-state index in [0.29, 0.717) is 0 Å². The van der Waals surface area contributed by atoms with Gasteiger partial charge in [0.2, 0.25) is 0 Å². The molecule has 0 nitrogen and oxygen atoms in total. The Morgan fingerprint density at radius 2 is 2.14 bits per heavy atom. The lowest BCUT2D eigenvalue weighted by atomic mass is 10.1. The lowest BCUT2D eigenvalue weighted by Crippen LogP contribution is -1.84. The first-order valence-electron chi connectivity index (χ1n) is 4.55. The summed E-state index contributed by atoms with van der Waals surface area (Å²) in [5, 5.41) is 2.26. The summed E-state index contributed by atoms with van der Waals surface area (Å²) >= 11 is 9.68. The molecule has 0 radical (unpaired) electrons. The number of benzene rings is 1. The molecule has 0 atom stereocenters. The van der Waals surface area contributed by atoms with Gasteiger partial charge in [-0.25, -0.2) is 0 Å². The SMILES string of the molecule is CCc1cc(CBr)c2cc(S)sc2c1. The van der Waals surface area contributed by atoms with Crippen LogP contribution in [0.5, 0.6) is 0 Å². The Bertz CT molecular complexity index is 460. The Morgan fingerprint density at radius 1 is 1.36 bits per heavy atom. The molecule has 2 aromatic rings. The van der Waals surface area contributed by atoms with Crippen molar-refractivity contribution in [3.63, 3.8) is 0 Å². The van der Waals surface area contributed by atoms with Gasteiger partial charge in [-0.1, -0.05) is 28.9 Å². The zero-order valence-electron chi connectivity index (χ0n) is 7.88. The van der Waals surface area contributed by atoms with Crippen molar-refractivity contribution in [1.29, 1.82) is 0 Å². The van der Waals surface area contributed by atoms with Gasteiger partial charge >= 0.3 is 0 Å². The number of hydrogen-bond donors (Lipinski definition) is 1. The fourth-order valence-electron chi connectivity index (χ4n) is 1.58. The van der Waals surface area contributed by atoms with E-state index >= 15 is 0 Å². The summed E-state index contributed by atoms with van der Waals surface area (Å²) in [6.45, 7) is 2.19. The molecule has 0 aliphatic rings. The molecule has 3 heteroatoms. The number of aryl methyl sites for hydroxylation is 1. The first kappa shape index (κ1) is 10.5. The lowest BCUT2D eigenvalue weighted by Gasteiger charge is -2.02. The van der Waals surface area contributed by atoms with Gasteiger partial charge in [0.15, 0.2) is 0 Å². The van der Waals surface area contributed by atoms with E-state index in [1.807, 2.05) is 0 Å². The summed E-state index contributed by atoms with van der Waals surface area (Å²) in [7, 11) is 0. The topological polar surface area (TPSA) is 0 Å². The Kier molecular flexibility index (Phi) is 3.20. The fourth-order valence-corrected chi connectivity index (χ4v) is 3.38. The second-order valence-corrected chi connectivity index (χ2v) is 5.67. The Balaban J connectivity index is 2.72. The van der Waals surface area contributed by atoms with Crippen molar-refractivity contribution in [1.82, 2.24) is 0 Å². The molecule has 0 bridgehead atoms. The van der Waals surface area contributed by atoms with Crippen LogP contribution in [0.1, 0.15) is 18.1 Å². The van der Waals surface area contributed by atoms with Gasteiger partial charge in [0.05, 0.1) is 4.21 Å². The molecule has 0 N–H and O–H groups in total. The quantitative estimate of drug-likeness (QED) is 0.603. The second kappa shape index (κ2) is 4.25. The summed E-state index contributed by atoms with van der Waals surface area (Å²) < 4.78 is 2.44. The molecule has 0 aliphatic heterocycles. The van der Waals surface area contributed by atoms with Crippen molar-refractivity contribution >= 4 is 50.0 Å². The summed E-state index contributed by atoms with van der Waals surface area (Å²) in [6, 6.07) is 6.70. The number of hydrogen-bond acceptors (Lipinski definition) is 2. The highest BCUT2D eigenvalue weighted by atomic mass is 79.9. The minimum atomic E-state index is 0.918. The summed E-state index contributed by atoms with van der Waals surface area (Å²) in [5.74, 6) is 0. The van der Waals surface area contributed by atoms with Crippen LogP contribution in [-0.4, -0.2) is 0 Å². The van der Waals surface area contributed by atoms with E-state index in [1.165, 1.54) is 21.2 Å². The third-order valence-electron chi connectivity index (χ3n) is 2.32. The number of alkyl halides is 1. The molecule has 0 unspecified atom stereocenters. The average Bonchev–Trinajstić information content (AvgIpc) is 2.56. The van der Waals surface area contributed by atoms with Gasteiger partial charge < -0.3 is 0 Å². The molecule has 1 aromatic heterocycles. The molecule has 0 spiro atoms. The number of rotatable bonds is 2. The van der Waals surface area contributed by atoms with Crippen molar-refractivity contribution in [3.8, 4) is 0 Å². The van der Waals surface area contributed by atoms with E-state index in [9.17, 15) is 0 Å². The highest BCUT2D eigenvalue weighted by molar-refractivity contribution is 9.08. The summed E-state index contributed by atoms with van der Waals surface area (Å²) in [6.07, 6.45) is 1.09. The van der Waals surface area contributed by atoms with Crippen LogP contribution in [0.15, 0.2) is 22.4 Å². The zero-order chi connectivity index (χ0) is 10.1.